The van der Waals surface area contributed by atoms with Gasteiger partial charge in [-0.05, 0) is 26.3 Å². The topological polar surface area (TPSA) is 12.0 Å². The second-order valence-electron chi connectivity index (χ2n) is 3.34. The minimum Gasteiger partial charge on any atom is -0.311 e. The third-order valence-corrected chi connectivity index (χ3v) is 2.31. The lowest BCUT2D eigenvalue weighted by Gasteiger charge is -2.40. The zero-order valence-electron chi connectivity index (χ0n) is 6.54. The molecule has 1 heteroatoms. The number of hydrogen-bond acceptors (Lipinski definition) is 1. The van der Waals surface area contributed by atoms with Crippen LogP contribution in [0.15, 0.2) is 0 Å². The standard InChI is InChI=1S/C8H17N/c1-3-4-5-8(2)6-7-9-8/h9H,3-7H2,1-2H3. The quantitative estimate of drug-likeness (QED) is 0.611. The summed E-state index contributed by atoms with van der Waals surface area (Å²) in [5, 5.41) is 3.46. The van der Waals surface area contributed by atoms with Crippen molar-refractivity contribution in [2.24, 2.45) is 0 Å². The second kappa shape index (κ2) is 2.70. The van der Waals surface area contributed by atoms with E-state index in [-0.39, 0.29) is 0 Å². The summed E-state index contributed by atoms with van der Waals surface area (Å²) in [5.74, 6) is 0. The van der Waals surface area contributed by atoms with Gasteiger partial charge in [-0.25, -0.2) is 0 Å². The Morgan fingerprint density at radius 1 is 1.56 bits per heavy atom. The van der Waals surface area contributed by atoms with Gasteiger partial charge < -0.3 is 5.32 Å². The molecule has 1 N–H and O–H groups in total. The van der Waals surface area contributed by atoms with Gasteiger partial charge in [0, 0.05) is 5.54 Å². The van der Waals surface area contributed by atoms with Crippen molar-refractivity contribution in [2.45, 2.75) is 45.1 Å². The Bertz CT molecular complexity index is 84.6. The van der Waals surface area contributed by atoms with Gasteiger partial charge in [-0.1, -0.05) is 19.8 Å². The Kier molecular flexibility index (Phi) is 2.12. The zero-order valence-corrected chi connectivity index (χ0v) is 6.54. The van der Waals surface area contributed by atoms with Crippen LogP contribution in [0.5, 0.6) is 0 Å². The van der Waals surface area contributed by atoms with Gasteiger partial charge in [0.1, 0.15) is 0 Å². The van der Waals surface area contributed by atoms with Crippen molar-refractivity contribution in [3.05, 3.63) is 0 Å². The molecule has 0 aliphatic carbocycles. The molecule has 1 aliphatic rings. The van der Waals surface area contributed by atoms with Crippen molar-refractivity contribution in [3.8, 4) is 0 Å². The molecule has 54 valence electrons. The Morgan fingerprint density at radius 3 is 2.56 bits per heavy atom. The van der Waals surface area contributed by atoms with Crippen molar-refractivity contribution >= 4 is 0 Å². The fraction of sp³-hybridized carbons (Fsp3) is 1.00. The lowest BCUT2D eigenvalue weighted by atomic mass is 9.85. The van der Waals surface area contributed by atoms with E-state index in [1.54, 1.807) is 0 Å². The van der Waals surface area contributed by atoms with E-state index in [1.807, 2.05) is 0 Å². The van der Waals surface area contributed by atoms with Crippen LogP contribution < -0.4 is 5.32 Å². The fourth-order valence-corrected chi connectivity index (χ4v) is 1.33. The number of unbranched alkanes of at least 4 members (excludes halogenated alkanes) is 1. The van der Waals surface area contributed by atoms with Gasteiger partial charge >= 0.3 is 0 Å². The average molecular weight is 127 g/mol. The normalized spacial score (nSPS) is 34.0. The molecule has 1 fully saturated rings. The van der Waals surface area contributed by atoms with Crippen LogP contribution in [0.3, 0.4) is 0 Å². The molecule has 1 unspecified atom stereocenters. The van der Waals surface area contributed by atoms with E-state index in [0.717, 1.165) is 0 Å². The first-order valence-corrected chi connectivity index (χ1v) is 4.02. The smallest absolute Gasteiger partial charge is 0.0165 e. The molecule has 1 nitrogen and oxygen atoms in total. The fourth-order valence-electron chi connectivity index (χ4n) is 1.33. The summed E-state index contributed by atoms with van der Waals surface area (Å²) < 4.78 is 0. The average Bonchev–Trinajstić information content (AvgIpc) is 1.79. The first-order valence-electron chi connectivity index (χ1n) is 4.02. The van der Waals surface area contributed by atoms with Gasteiger partial charge in [-0.3, -0.25) is 0 Å². The van der Waals surface area contributed by atoms with Crippen molar-refractivity contribution < 1.29 is 0 Å². The predicted octanol–water partition coefficient (Wildman–Crippen LogP) is 1.93. The summed E-state index contributed by atoms with van der Waals surface area (Å²) >= 11 is 0. The van der Waals surface area contributed by atoms with E-state index in [1.165, 1.54) is 32.2 Å². The third-order valence-electron chi connectivity index (χ3n) is 2.31. The van der Waals surface area contributed by atoms with Crippen LogP contribution in [0, 0.1) is 0 Å². The molecule has 1 aliphatic heterocycles. The first kappa shape index (κ1) is 7.07. The molecule has 0 aromatic carbocycles. The molecule has 0 saturated carbocycles. The minimum atomic E-state index is 0.524. The largest absolute Gasteiger partial charge is 0.311 e. The Morgan fingerprint density at radius 2 is 2.22 bits per heavy atom. The Balaban J connectivity index is 2.09. The lowest BCUT2D eigenvalue weighted by molar-refractivity contribution is 0.211. The van der Waals surface area contributed by atoms with Gasteiger partial charge in [0.2, 0.25) is 0 Å². The molecule has 1 saturated heterocycles. The van der Waals surface area contributed by atoms with Crippen LogP contribution in [0.1, 0.15) is 39.5 Å². The molecule has 1 atom stereocenters. The molecule has 0 radical (unpaired) electrons. The van der Waals surface area contributed by atoms with Crippen LogP contribution in [0.2, 0.25) is 0 Å². The van der Waals surface area contributed by atoms with Crippen molar-refractivity contribution in [1.82, 2.24) is 5.32 Å². The number of rotatable bonds is 3. The van der Waals surface area contributed by atoms with E-state index >= 15 is 0 Å². The number of hydrogen-bond donors (Lipinski definition) is 1. The molecule has 9 heavy (non-hydrogen) atoms. The SMILES string of the molecule is CCCCC1(C)CCN1. The highest BCUT2D eigenvalue weighted by molar-refractivity contribution is 4.91. The summed E-state index contributed by atoms with van der Waals surface area (Å²) in [4.78, 5) is 0. The van der Waals surface area contributed by atoms with Gasteiger partial charge in [-0.2, -0.15) is 0 Å². The van der Waals surface area contributed by atoms with Gasteiger partial charge in [0.15, 0.2) is 0 Å². The van der Waals surface area contributed by atoms with Gasteiger partial charge in [0.25, 0.3) is 0 Å². The molecule has 0 amide bonds. The third kappa shape index (κ3) is 1.68. The molecule has 1 rings (SSSR count). The predicted molar refractivity (Wildman–Crippen MR) is 40.5 cm³/mol. The molecular formula is C8H17N. The summed E-state index contributed by atoms with van der Waals surface area (Å²) in [5.41, 5.74) is 0.524. The van der Waals surface area contributed by atoms with Crippen LogP contribution in [0.25, 0.3) is 0 Å². The summed E-state index contributed by atoms with van der Waals surface area (Å²) in [6, 6.07) is 0. The molecule has 1 heterocycles. The van der Waals surface area contributed by atoms with Crippen LogP contribution >= 0.6 is 0 Å². The summed E-state index contributed by atoms with van der Waals surface area (Å²) in [6.07, 6.45) is 5.46. The van der Waals surface area contributed by atoms with E-state index in [9.17, 15) is 0 Å². The Hall–Kier alpha value is -0.0400. The maximum Gasteiger partial charge on any atom is 0.0165 e. The van der Waals surface area contributed by atoms with Crippen molar-refractivity contribution in [3.63, 3.8) is 0 Å². The molecule has 0 bridgehead atoms. The summed E-state index contributed by atoms with van der Waals surface area (Å²) in [7, 11) is 0. The second-order valence-corrected chi connectivity index (χ2v) is 3.34. The molecule has 0 aromatic heterocycles. The van der Waals surface area contributed by atoms with Crippen LogP contribution in [-0.2, 0) is 0 Å². The lowest BCUT2D eigenvalue weighted by Crippen LogP contribution is -2.54. The summed E-state index contributed by atoms with van der Waals surface area (Å²) in [6.45, 7) is 5.81. The minimum absolute atomic E-state index is 0.524. The van der Waals surface area contributed by atoms with Gasteiger partial charge in [-0.15, -0.1) is 0 Å². The van der Waals surface area contributed by atoms with E-state index in [0.29, 0.717) is 5.54 Å². The highest BCUT2D eigenvalue weighted by Crippen LogP contribution is 2.23. The van der Waals surface area contributed by atoms with E-state index < -0.39 is 0 Å². The first-order chi connectivity index (χ1) is 4.27. The molecule has 0 aromatic rings. The molecular weight excluding hydrogens is 110 g/mol. The van der Waals surface area contributed by atoms with E-state index in [2.05, 4.69) is 19.2 Å². The molecule has 0 spiro atoms. The van der Waals surface area contributed by atoms with Crippen LogP contribution in [-0.4, -0.2) is 12.1 Å². The van der Waals surface area contributed by atoms with Crippen LogP contribution in [0.4, 0.5) is 0 Å². The highest BCUT2D eigenvalue weighted by atomic mass is 15.0. The monoisotopic (exact) mass is 127 g/mol. The highest BCUT2D eigenvalue weighted by Gasteiger charge is 2.29. The van der Waals surface area contributed by atoms with Crippen molar-refractivity contribution in [2.75, 3.05) is 6.54 Å². The maximum absolute atomic E-state index is 3.46. The van der Waals surface area contributed by atoms with Crippen molar-refractivity contribution in [1.29, 1.82) is 0 Å². The van der Waals surface area contributed by atoms with E-state index in [4.69, 9.17) is 0 Å². The van der Waals surface area contributed by atoms with Gasteiger partial charge in [0.05, 0.1) is 0 Å². The maximum atomic E-state index is 3.46. The number of nitrogens with one attached hydrogen (secondary N) is 1. The zero-order chi connectivity index (χ0) is 6.74. The Labute approximate surface area is 57.8 Å².